The van der Waals surface area contributed by atoms with E-state index in [0.29, 0.717) is 24.8 Å². The van der Waals surface area contributed by atoms with Crippen LogP contribution < -0.4 is 5.32 Å². The molecule has 0 saturated carbocycles. The zero-order valence-corrected chi connectivity index (χ0v) is 13.0. The molecule has 1 aliphatic rings. The van der Waals surface area contributed by atoms with Crippen molar-refractivity contribution in [2.75, 3.05) is 25.0 Å². The SMILES string of the molecule is CCNc1ccc(S(=O)(=O)N2CCC(CC)CC2)cn1. The van der Waals surface area contributed by atoms with Crippen LogP contribution in [0.1, 0.15) is 33.1 Å². The van der Waals surface area contributed by atoms with Crippen molar-refractivity contribution in [1.82, 2.24) is 9.29 Å². The van der Waals surface area contributed by atoms with E-state index in [-0.39, 0.29) is 4.90 Å². The van der Waals surface area contributed by atoms with Gasteiger partial charge in [0.05, 0.1) is 0 Å². The van der Waals surface area contributed by atoms with Crippen LogP contribution in [0.5, 0.6) is 0 Å². The predicted octanol–water partition coefficient (Wildman–Crippen LogP) is 2.32. The van der Waals surface area contributed by atoms with Crippen LogP contribution in [0, 0.1) is 5.92 Å². The maximum Gasteiger partial charge on any atom is 0.244 e. The van der Waals surface area contributed by atoms with Gasteiger partial charge in [-0.25, -0.2) is 13.4 Å². The fraction of sp³-hybridized carbons (Fsp3) is 0.643. The molecule has 0 atom stereocenters. The van der Waals surface area contributed by atoms with Gasteiger partial charge in [-0.3, -0.25) is 0 Å². The van der Waals surface area contributed by atoms with E-state index in [2.05, 4.69) is 17.2 Å². The molecule has 0 unspecified atom stereocenters. The molecule has 1 aliphatic heterocycles. The van der Waals surface area contributed by atoms with Gasteiger partial charge in [0.1, 0.15) is 10.7 Å². The van der Waals surface area contributed by atoms with Crippen molar-refractivity contribution in [3.63, 3.8) is 0 Å². The van der Waals surface area contributed by atoms with Gasteiger partial charge in [0, 0.05) is 25.8 Å². The van der Waals surface area contributed by atoms with Crippen molar-refractivity contribution in [3.05, 3.63) is 18.3 Å². The summed E-state index contributed by atoms with van der Waals surface area (Å²) in [5.41, 5.74) is 0. The van der Waals surface area contributed by atoms with Gasteiger partial charge < -0.3 is 5.32 Å². The van der Waals surface area contributed by atoms with Crippen LogP contribution in [-0.4, -0.2) is 37.3 Å². The highest BCUT2D eigenvalue weighted by molar-refractivity contribution is 7.89. The minimum Gasteiger partial charge on any atom is -0.370 e. The van der Waals surface area contributed by atoms with Crippen molar-refractivity contribution in [2.24, 2.45) is 5.92 Å². The summed E-state index contributed by atoms with van der Waals surface area (Å²) < 4.78 is 26.6. The highest BCUT2D eigenvalue weighted by atomic mass is 32.2. The second-order valence-electron chi connectivity index (χ2n) is 5.17. The number of rotatable bonds is 5. The van der Waals surface area contributed by atoms with Crippen molar-refractivity contribution in [3.8, 4) is 0 Å². The smallest absolute Gasteiger partial charge is 0.244 e. The van der Waals surface area contributed by atoms with E-state index in [0.717, 1.165) is 25.8 Å². The molecule has 1 aromatic heterocycles. The third-order valence-corrected chi connectivity index (χ3v) is 5.77. The van der Waals surface area contributed by atoms with Gasteiger partial charge in [0.2, 0.25) is 10.0 Å². The number of hydrogen-bond donors (Lipinski definition) is 1. The van der Waals surface area contributed by atoms with Gasteiger partial charge in [-0.2, -0.15) is 4.31 Å². The van der Waals surface area contributed by atoms with E-state index in [1.54, 1.807) is 16.4 Å². The second-order valence-corrected chi connectivity index (χ2v) is 7.10. The van der Waals surface area contributed by atoms with E-state index in [1.165, 1.54) is 6.20 Å². The summed E-state index contributed by atoms with van der Waals surface area (Å²) >= 11 is 0. The first-order valence-electron chi connectivity index (χ1n) is 7.28. The summed E-state index contributed by atoms with van der Waals surface area (Å²) in [7, 11) is -3.38. The Bertz CT molecular complexity index is 520. The van der Waals surface area contributed by atoms with Gasteiger partial charge in [0.25, 0.3) is 0 Å². The van der Waals surface area contributed by atoms with Crippen LogP contribution in [0.4, 0.5) is 5.82 Å². The number of piperidine rings is 1. The molecule has 5 nitrogen and oxygen atoms in total. The average molecular weight is 297 g/mol. The van der Waals surface area contributed by atoms with Crippen LogP contribution in [-0.2, 0) is 10.0 Å². The second kappa shape index (κ2) is 6.54. The van der Waals surface area contributed by atoms with E-state index in [9.17, 15) is 8.42 Å². The Hall–Kier alpha value is -1.14. The lowest BCUT2D eigenvalue weighted by molar-refractivity contribution is 0.269. The third-order valence-electron chi connectivity index (χ3n) is 3.88. The van der Waals surface area contributed by atoms with E-state index >= 15 is 0 Å². The molecule has 0 aliphatic carbocycles. The highest BCUT2D eigenvalue weighted by Crippen LogP contribution is 2.25. The molecule has 0 bridgehead atoms. The topological polar surface area (TPSA) is 62.3 Å². The van der Waals surface area contributed by atoms with Gasteiger partial charge in [-0.05, 0) is 37.8 Å². The normalized spacial score (nSPS) is 18.1. The van der Waals surface area contributed by atoms with Gasteiger partial charge in [-0.1, -0.05) is 13.3 Å². The maximum atomic E-state index is 12.5. The molecule has 0 aromatic carbocycles. The first-order chi connectivity index (χ1) is 9.57. The Labute approximate surface area is 121 Å². The molecule has 1 fully saturated rings. The standard InChI is InChI=1S/C14H23N3O2S/c1-3-12-7-9-17(10-8-12)20(18,19)13-5-6-14(15-4-2)16-11-13/h5-6,11-12H,3-4,7-10H2,1-2H3,(H,15,16). The van der Waals surface area contributed by atoms with Crippen LogP contribution in [0.25, 0.3) is 0 Å². The van der Waals surface area contributed by atoms with Crippen molar-refractivity contribution >= 4 is 15.8 Å². The summed E-state index contributed by atoms with van der Waals surface area (Å²) in [5.74, 6) is 1.37. The fourth-order valence-electron chi connectivity index (χ4n) is 2.53. The van der Waals surface area contributed by atoms with Crippen molar-refractivity contribution in [2.45, 2.75) is 38.0 Å². The van der Waals surface area contributed by atoms with Crippen LogP contribution >= 0.6 is 0 Å². The zero-order valence-electron chi connectivity index (χ0n) is 12.2. The molecular weight excluding hydrogens is 274 g/mol. The Morgan fingerprint density at radius 1 is 1.30 bits per heavy atom. The number of nitrogens with one attached hydrogen (secondary N) is 1. The lowest BCUT2D eigenvalue weighted by Gasteiger charge is -2.30. The van der Waals surface area contributed by atoms with Crippen LogP contribution in [0.15, 0.2) is 23.2 Å². The molecule has 2 heterocycles. The molecule has 2 rings (SSSR count). The summed E-state index contributed by atoms with van der Waals surface area (Å²) in [6, 6.07) is 3.35. The maximum absolute atomic E-state index is 12.5. The Kier molecular flexibility index (Phi) is 4.99. The minimum absolute atomic E-state index is 0.286. The van der Waals surface area contributed by atoms with Gasteiger partial charge in [0.15, 0.2) is 0 Å². The number of aromatic nitrogens is 1. The predicted molar refractivity (Wildman–Crippen MR) is 80.2 cm³/mol. The number of anilines is 1. The Morgan fingerprint density at radius 2 is 2.00 bits per heavy atom. The van der Waals surface area contributed by atoms with Crippen LogP contribution in [0.2, 0.25) is 0 Å². The first kappa shape index (κ1) is 15.3. The Morgan fingerprint density at radius 3 is 2.50 bits per heavy atom. The first-order valence-corrected chi connectivity index (χ1v) is 8.72. The molecule has 0 amide bonds. The van der Waals surface area contributed by atoms with Gasteiger partial charge in [-0.15, -0.1) is 0 Å². The summed E-state index contributed by atoms with van der Waals surface area (Å²) in [6.07, 6.45) is 4.49. The summed E-state index contributed by atoms with van der Waals surface area (Å²) in [6.45, 7) is 6.15. The molecule has 20 heavy (non-hydrogen) atoms. The number of pyridine rings is 1. The Balaban J connectivity index is 2.10. The molecule has 0 radical (unpaired) electrons. The number of nitrogens with zero attached hydrogens (tertiary/aromatic N) is 2. The molecule has 1 aromatic rings. The quantitative estimate of drug-likeness (QED) is 0.906. The van der Waals surface area contributed by atoms with Crippen LogP contribution in [0.3, 0.4) is 0 Å². The number of sulfonamides is 1. The average Bonchev–Trinajstić information content (AvgIpc) is 2.48. The molecule has 1 N–H and O–H groups in total. The molecular formula is C14H23N3O2S. The molecule has 0 spiro atoms. The van der Waals surface area contributed by atoms with E-state index < -0.39 is 10.0 Å². The van der Waals surface area contributed by atoms with Crippen molar-refractivity contribution in [1.29, 1.82) is 0 Å². The fourth-order valence-corrected chi connectivity index (χ4v) is 3.94. The number of hydrogen-bond acceptors (Lipinski definition) is 4. The van der Waals surface area contributed by atoms with Crippen molar-refractivity contribution < 1.29 is 8.42 Å². The third kappa shape index (κ3) is 3.30. The lowest BCUT2D eigenvalue weighted by atomic mass is 9.96. The molecule has 112 valence electrons. The largest absolute Gasteiger partial charge is 0.370 e. The highest BCUT2D eigenvalue weighted by Gasteiger charge is 2.28. The van der Waals surface area contributed by atoms with Gasteiger partial charge >= 0.3 is 0 Å². The summed E-state index contributed by atoms with van der Waals surface area (Å²) in [5, 5.41) is 3.06. The van der Waals surface area contributed by atoms with E-state index in [1.807, 2.05) is 6.92 Å². The lowest BCUT2D eigenvalue weighted by Crippen LogP contribution is -2.38. The molecule has 1 saturated heterocycles. The monoisotopic (exact) mass is 297 g/mol. The molecule has 6 heteroatoms. The minimum atomic E-state index is -3.38. The zero-order chi connectivity index (χ0) is 14.6. The summed E-state index contributed by atoms with van der Waals surface area (Å²) in [4.78, 5) is 4.43. The van der Waals surface area contributed by atoms with E-state index in [4.69, 9.17) is 0 Å².